The molecule has 2 aliphatic heterocycles. The van der Waals surface area contributed by atoms with Crippen molar-refractivity contribution in [1.29, 1.82) is 0 Å². The van der Waals surface area contributed by atoms with Gasteiger partial charge in [0.15, 0.2) is 0 Å². The standard InChI is InChI=1S/C21H28N4O/c1-15-3-5-17(6-4-15)13-24-10-9-18-19(14-24)22-21(23-20(18)26)25-11-7-16(2)8-12-25/h3-6,16H,7-14H2,1-2H3,(H,22,23,26). The van der Waals surface area contributed by atoms with Crippen molar-refractivity contribution in [2.75, 3.05) is 24.5 Å². The first-order valence-electron chi connectivity index (χ1n) is 9.73. The number of fused-ring (bicyclic) bond motifs is 1. The van der Waals surface area contributed by atoms with Crippen molar-refractivity contribution in [3.63, 3.8) is 0 Å². The Labute approximate surface area is 155 Å². The molecule has 1 fully saturated rings. The minimum Gasteiger partial charge on any atom is -0.342 e. The normalized spacial score (nSPS) is 18.8. The predicted molar refractivity (Wildman–Crippen MR) is 104 cm³/mol. The molecule has 0 radical (unpaired) electrons. The summed E-state index contributed by atoms with van der Waals surface area (Å²) >= 11 is 0. The third kappa shape index (κ3) is 3.68. The lowest BCUT2D eigenvalue weighted by atomic mass is 9.99. The van der Waals surface area contributed by atoms with E-state index in [1.54, 1.807) is 0 Å². The summed E-state index contributed by atoms with van der Waals surface area (Å²) < 4.78 is 0. The molecule has 0 spiro atoms. The maximum atomic E-state index is 12.6. The van der Waals surface area contributed by atoms with Crippen molar-refractivity contribution in [3.8, 4) is 0 Å². The number of piperidine rings is 1. The molecule has 0 amide bonds. The largest absolute Gasteiger partial charge is 0.342 e. The SMILES string of the molecule is Cc1ccc(CN2CCc3c(nc(N4CCC(C)CC4)[nH]c3=O)C2)cc1. The van der Waals surface area contributed by atoms with E-state index in [1.807, 2.05) is 0 Å². The van der Waals surface area contributed by atoms with Crippen LogP contribution in [0.4, 0.5) is 5.95 Å². The monoisotopic (exact) mass is 352 g/mol. The molecule has 0 atom stereocenters. The fourth-order valence-corrected chi connectivity index (χ4v) is 3.94. The van der Waals surface area contributed by atoms with Crippen LogP contribution in [-0.2, 0) is 19.5 Å². The van der Waals surface area contributed by atoms with E-state index in [0.717, 1.165) is 62.3 Å². The maximum Gasteiger partial charge on any atom is 0.255 e. The Morgan fingerprint density at radius 1 is 1.15 bits per heavy atom. The van der Waals surface area contributed by atoms with E-state index in [4.69, 9.17) is 4.98 Å². The Morgan fingerprint density at radius 3 is 2.62 bits per heavy atom. The third-order valence-corrected chi connectivity index (χ3v) is 5.75. The fourth-order valence-electron chi connectivity index (χ4n) is 3.94. The minimum absolute atomic E-state index is 0.0543. The second-order valence-electron chi connectivity index (χ2n) is 7.93. The molecule has 1 aromatic carbocycles. The maximum absolute atomic E-state index is 12.6. The van der Waals surface area contributed by atoms with Gasteiger partial charge in [-0.3, -0.25) is 14.7 Å². The van der Waals surface area contributed by atoms with Crippen LogP contribution >= 0.6 is 0 Å². The van der Waals surface area contributed by atoms with E-state index in [-0.39, 0.29) is 5.56 Å². The van der Waals surface area contributed by atoms with Crippen LogP contribution in [0.5, 0.6) is 0 Å². The van der Waals surface area contributed by atoms with Gasteiger partial charge >= 0.3 is 0 Å². The topological polar surface area (TPSA) is 52.2 Å². The highest BCUT2D eigenvalue weighted by molar-refractivity contribution is 5.35. The molecule has 2 aromatic rings. The van der Waals surface area contributed by atoms with Crippen LogP contribution < -0.4 is 10.5 Å². The van der Waals surface area contributed by atoms with E-state index in [2.05, 4.69) is 52.9 Å². The van der Waals surface area contributed by atoms with Crippen molar-refractivity contribution in [2.45, 2.75) is 46.2 Å². The second kappa shape index (κ2) is 7.23. The number of aryl methyl sites for hydroxylation is 1. The molecule has 138 valence electrons. The van der Waals surface area contributed by atoms with Crippen LogP contribution in [0, 0.1) is 12.8 Å². The van der Waals surface area contributed by atoms with Gasteiger partial charge in [0.25, 0.3) is 5.56 Å². The zero-order valence-electron chi connectivity index (χ0n) is 15.8. The average molecular weight is 352 g/mol. The number of benzene rings is 1. The first kappa shape index (κ1) is 17.3. The van der Waals surface area contributed by atoms with Crippen LogP contribution in [0.3, 0.4) is 0 Å². The number of hydrogen-bond acceptors (Lipinski definition) is 4. The number of rotatable bonds is 3. The lowest BCUT2D eigenvalue weighted by molar-refractivity contribution is 0.240. The first-order valence-corrected chi connectivity index (χ1v) is 9.73. The summed E-state index contributed by atoms with van der Waals surface area (Å²) in [7, 11) is 0. The quantitative estimate of drug-likeness (QED) is 0.923. The highest BCUT2D eigenvalue weighted by Gasteiger charge is 2.24. The molecule has 0 aliphatic carbocycles. The van der Waals surface area contributed by atoms with Gasteiger partial charge in [-0.2, -0.15) is 0 Å². The number of nitrogens with zero attached hydrogens (tertiary/aromatic N) is 3. The zero-order chi connectivity index (χ0) is 18.1. The van der Waals surface area contributed by atoms with Gasteiger partial charge in [0, 0.05) is 38.3 Å². The Bertz CT molecular complexity index is 819. The van der Waals surface area contributed by atoms with Crippen molar-refractivity contribution in [1.82, 2.24) is 14.9 Å². The molecule has 5 nitrogen and oxygen atoms in total. The molecular formula is C21H28N4O. The average Bonchev–Trinajstić information content (AvgIpc) is 2.64. The highest BCUT2D eigenvalue weighted by atomic mass is 16.1. The minimum atomic E-state index is 0.0543. The van der Waals surface area contributed by atoms with E-state index in [1.165, 1.54) is 24.0 Å². The number of aromatic nitrogens is 2. The molecule has 4 rings (SSSR count). The van der Waals surface area contributed by atoms with Crippen molar-refractivity contribution >= 4 is 5.95 Å². The summed E-state index contributed by atoms with van der Waals surface area (Å²) in [6, 6.07) is 8.70. The lowest BCUT2D eigenvalue weighted by Gasteiger charge is -2.32. The summed E-state index contributed by atoms with van der Waals surface area (Å²) in [5.74, 6) is 1.53. The molecule has 26 heavy (non-hydrogen) atoms. The van der Waals surface area contributed by atoms with E-state index in [9.17, 15) is 4.79 Å². The van der Waals surface area contributed by atoms with Crippen LogP contribution in [0.25, 0.3) is 0 Å². The van der Waals surface area contributed by atoms with Gasteiger partial charge in [-0.1, -0.05) is 36.8 Å². The summed E-state index contributed by atoms with van der Waals surface area (Å²) in [6.07, 6.45) is 3.11. The van der Waals surface area contributed by atoms with Crippen LogP contribution in [0.15, 0.2) is 29.1 Å². The van der Waals surface area contributed by atoms with Gasteiger partial charge in [0.2, 0.25) is 5.95 Å². The number of hydrogen-bond donors (Lipinski definition) is 1. The molecular weight excluding hydrogens is 324 g/mol. The van der Waals surface area contributed by atoms with Crippen LogP contribution in [0.1, 0.15) is 42.1 Å². The summed E-state index contributed by atoms with van der Waals surface area (Å²) in [5, 5.41) is 0. The van der Waals surface area contributed by atoms with Crippen molar-refractivity contribution in [2.24, 2.45) is 5.92 Å². The van der Waals surface area contributed by atoms with E-state index < -0.39 is 0 Å². The number of H-pyrrole nitrogens is 1. The smallest absolute Gasteiger partial charge is 0.255 e. The Kier molecular flexibility index (Phi) is 4.81. The third-order valence-electron chi connectivity index (χ3n) is 5.75. The number of aromatic amines is 1. The molecule has 0 unspecified atom stereocenters. The number of anilines is 1. The summed E-state index contributed by atoms with van der Waals surface area (Å²) in [6.45, 7) is 8.94. The van der Waals surface area contributed by atoms with E-state index >= 15 is 0 Å². The van der Waals surface area contributed by atoms with Crippen molar-refractivity contribution < 1.29 is 0 Å². The molecule has 5 heteroatoms. The van der Waals surface area contributed by atoms with Gasteiger partial charge in [0.05, 0.1) is 5.69 Å². The first-order chi connectivity index (χ1) is 12.6. The van der Waals surface area contributed by atoms with Crippen LogP contribution in [0.2, 0.25) is 0 Å². The molecule has 0 saturated carbocycles. The van der Waals surface area contributed by atoms with Gasteiger partial charge in [-0.05, 0) is 37.7 Å². The molecule has 1 aromatic heterocycles. The predicted octanol–water partition coefficient (Wildman–Crippen LogP) is 2.87. The summed E-state index contributed by atoms with van der Waals surface area (Å²) in [4.78, 5) is 25.1. The molecule has 2 aliphatic rings. The van der Waals surface area contributed by atoms with Crippen LogP contribution in [-0.4, -0.2) is 34.5 Å². The molecule has 1 N–H and O–H groups in total. The zero-order valence-corrected chi connectivity index (χ0v) is 15.8. The second-order valence-corrected chi connectivity index (χ2v) is 7.93. The fraction of sp³-hybridized carbons (Fsp3) is 0.524. The number of nitrogens with one attached hydrogen (secondary N) is 1. The van der Waals surface area contributed by atoms with E-state index in [0.29, 0.717) is 0 Å². The Hall–Kier alpha value is -2.14. The summed E-state index contributed by atoms with van der Waals surface area (Å²) in [5.41, 5.74) is 4.49. The Morgan fingerprint density at radius 2 is 1.88 bits per heavy atom. The van der Waals surface area contributed by atoms with Gasteiger partial charge in [-0.15, -0.1) is 0 Å². The van der Waals surface area contributed by atoms with Gasteiger partial charge in [-0.25, -0.2) is 4.98 Å². The highest BCUT2D eigenvalue weighted by Crippen LogP contribution is 2.22. The molecule has 3 heterocycles. The molecule has 0 bridgehead atoms. The Balaban J connectivity index is 1.52. The van der Waals surface area contributed by atoms with Gasteiger partial charge < -0.3 is 4.90 Å². The lowest BCUT2D eigenvalue weighted by Crippen LogP contribution is -2.39. The van der Waals surface area contributed by atoms with Crippen molar-refractivity contribution in [3.05, 3.63) is 57.0 Å². The van der Waals surface area contributed by atoms with Gasteiger partial charge in [0.1, 0.15) is 0 Å². The molecule has 1 saturated heterocycles.